The van der Waals surface area contributed by atoms with E-state index in [1.54, 1.807) is 0 Å². The quantitative estimate of drug-likeness (QED) is 0.840. The molecule has 1 N–H and O–H groups in total. The molecule has 3 aliphatic rings. The summed E-state index contributed by atoms with van der Waals surface area (Å²) in [5.41, 5.74) is -0.348. The molecule has 106 valence electrons. The van der Waals surface area contributed by atoms with Crippen molar-refractivity contribution >= 4 is 11.8 Å². The summed E-state index contributed by atoms with van der Waals surface area (Å²) < 4.78 is 0. The van der Waals surface area contributed by atoms with Gasteiger partial charge in [-0.05, 0) is 57.3 Å². The monoisotopic (exact) mass is 264 g/mol. The third-order valence-electron chi connectivity index (χ3n) is 5.51. The largest absolute Gasteiger partial charge is 0.340 e. The molecule has 2 atom stereocenters. The lowest BCUT2D eigenvalue weighted by atomic mass is 9.90. The number of piperazine rings is 1. The molecule has 3 rings (SSSR count). The Kier molecular flexibility index (Phi) is 2.70. The van der Waals surface area contributed by atoms with Crippen molar-refractivity contribution in [3.63, 3.8) is 0 Å². The van der Waals surface area contributed by atoms with Gasteiger partial charge in [0, 0.05) is 6.54 Å². The van der Waals surface area contributed by atoms with Crippen LogP contribution in [0.1, 0.15) is 52.9 Å². The van der Waals surface area contributed by atoms with Gasteiger partial charge in [0.05, 0.1) is 0 Å². The molecule has 4 heteroatoms. The fraction of sp³-hybridized carbons (Fsp3) is 0.867. The minimum Gasteiger partial charge on any atom is -0.340 e. The summed E-state index contributed by atoms with van der Waals surface area (Å²) in [4.78, 5) is 26.7. The maximum atomic E-state index is 12.7. The van der Waals surface area contributed by atoms with E-state index in [1.165, 1.54) is 25.7 Å². The zero-order valence-corrected chi connectivity index (χ0v) is 12.2. The van der Waals surface area contributed by atoms with E-state index in [2.05, 4.69) is 5.32 Å². The van der Waals surface area contributed by atoms with Gasteiger partial charge in [-0.3, -0.25) is 9.59 Å². The van der Waals surface area contributed by atoms with Crippen molar-refractivity contribution in [2.75, 3.05) is 6.54 Å². The van der Waals surface area contributed by atoms with Crippen LogP contribution in [-0.2, 0) is 9.59 Å². The van der Waals surface area contributed by atoms with Gasteiger partial charge in [-0.1, -0.05) is 6.92 Å². The lowest BCUT2D eigenvalue weighted by molar-refractivity contribution is -0.154. The van der Waals surface area contributed by atoms with E-state index >= 15 is 0 Å². The maximum absolute atomic E-state index is 12.7. The highest BCUT2D eigenvalue weighted by Crippen LogP contribution is 2.61. The van der Waals surface area contributed by atoms with Crippen LogP contribution < -0.4 is 5.32 Å². The third kappa shape index (κ3) is 1.96. The normalized spacial score (nSPS) is 37.2. The van der Waals surface area contributed by atoms with Crippen LogP contribution in [0.15, 0.2) is 0 Å². The highest BCUT2D eigenvalue weighted by atomic mass is 16.2. The van der Waals surface area contributed by atoms with Crippen LogP contribution in [0.4, 0.5) is 0 Å². The number of nitrogens with one attached hydrogen (secondary N) is 1. The SMILES string of the molecule is CCC1(C)NC(=O)C(C)N(CC2(C3CC3)CC2)C1=O. The maximum Gasteiger partial charge on any atom is 0.248 e. The summed E-state index contributed by atoms with van der Waals surface area (Å²) in [6, 6.07) is -0.316. The van der Waals surface area contributed by atoms with E-state index in [-0.39, 0.29) is 17.9 Å². The molecule has 2 amide bonds. The standard InChI is InChI=1S/C15H24N2O2/c1-4-14(3)13(19)17(10(2)12(18)16-14)9-15(7-8-15)11-5-6-11/h10-11H,4-9H2,1-3H3,(H,16,18). The topological polar surface area (TPSA) is 49.4 Å². The molecule has 2 aliphatic carbocycles. The fourth-order valence-corrected chi connectivity index (χ4v) is 3.40. The molecule has 2 saturated carbocycles. The van der Waals surface area contributed by atoms with Crippen LogP contribution in [-0.4, -0.2) is 34.8 Å². The van der Waals surface area contributed by atoms with Crippen LogP contribution in [0, 0.1) is 11.3 Å². The lowest BCUT2D eigenvalue weighted by Crippen LogP contribution is -2.69. The van der Waals surface area contributed by atoms with Crippen molar-refractivity contribution in [1.29, 1.82) is 0 Å². The van der Waals surface area contributed by atoms with Gasteiger partial charge >= 0.3 is 0 Å². The minimum absolute atomic E-state index is 0.00412. The Morgan fingerprint density at radius 3 is 2.42 bits per heavy atom. The molecular formula is C15H24N2O2. The van der Waals surface area contributed by atoms with Crippen molar-refractivity contribution in [2.24, 2.45) is 11.3 Å². The molecule has 0 aromatic carbocycles. The predicted octanol–water partition coefficient (Wildman–Crippen LogP) is 1.69. The first kappa shape index (κ1) is 12.9. The molecular weight excluding hydrogens is 240 g/mol. The van der Waals surface area contributed by atoms with Crippen molar-refractivity contribution in [3.8, 4) is 0 Å². The molecule has 4 nitrogen and oxygen atoms in total. The van der Waals surface area contributed by atoms with Gasteiger partial charge in [0.25, 0.3) is 0 Å². The number of carbonyl (C=O) groups is 2. The Hall–Kier alpha value is -1.06. The molecule has 2 unspecified atom stereocenters. The average Bonchev–Trinajstić information content (AvgIpc) is 3.25. The van der Waals surface area contributed by atoms with E-state index in [1.807, 2.05) is 25.7 Å². The van der Waals surface area contributed by atoms with E-state index in [9.17, 15) is 9.59 Å². The molecule has 19 heavy (non-hydrogen) atoms. The molecule has 0 bridgehead atoms. The van der Waals surface area contributed by atoms with E-state index < -0.39 is 5.54 Å². The zero-order valence-electron chi connectivity index (χ0n) is 12.2. The zero-order chi connectivity index (χ0) is 13.8. The van der Waals surface area contributed by atoms with Crippen LogP contribution in [0.3, 0.4) is 0 Å². The summed E-state index contributed by atoms with van der Waals surface area (Å²) in [7, 11) is 0. The molecule has 0 radical (unpaired) electrons. The Morgan fingerprint density at radius 1 is 1.32 bits per heavy atom. The number of hydrogen-bond acceptors (Lipinski definition) is 2. The smallest absolute Gasteiger partial charge is 0.248 e. The van der Waals surface area contributed by atoms with Gasteiger partial charge in [0.1, 0.15) is 11.6 Å². The van der Waals surface area contributed by atoms with Crippen LogP contribution >= 0.6 is 0 Å². The Labute approximate surface area is 114 Å². The van der Waals surface area contributed by atoms with Gasteiger partial charge < -0.3 is 10.2 Å². The second kappa shape index (κ2) is 3.97. The molecule has 3 fully saturated rings. The average molecular weight is 264 g/mol. The summed E-state index contributed by atoms with van der Waals surface area (Å²) in [6.45, 7) is 6.45. The summed E-state index contributed by atoms with van der Waals surface area (Å²) >= 11 is 0. The second-order valence-electron chi connectivity index (χ2n) is 6.92. The van der Waals surface area contributed by atoms with Gasteiger partial charge in [-0.25, -0.2) is 0 Å². The lowest BCUT2D eigenvalue weighted by Gasteiger charge is -2.44. The highest BCUT2D eigenvalue weighted by Gasteiger charge is 2.57. The first-order valence-corrected chi connectivity index (χ1v) is 7.55. The summed E-state index contributed by atoms with van der Waals surface area (Å²) in [5, 5.41) is 2.89. The van der Waals surface area contributed by atoms with Gasteiger partial charge in [-0.15, -0.1) is 0 Å². The second-order valence-corrected chi connectivity index (χ2v) is 6.92. The molecule has 1 heterocycles. The van der Waals surface area contributed by atoms with Gasteiger partial charge in [-0.2, -0.15) is 0 Å². The molecule has 0 aromatic heterocycles. The Morgan fingerprint density at radius 2 is 1.95 bits per heavy atom. The Bertz CT molecular complexity index is 426. The predicted molar refractivity (Wildman–Crippen MR) is 72.4 cm³/mol. The van der Waals surface area contributed by atoms with Crippen molar-refractivity contribution < 1.29 is 9.59 Å². The fourth-order valence-electron chi connectivity index (χ4n) is 3.40. The van der Waals surface area contributed by atoms with Crippen molar-refractivity contribution in [2.45, 2.75) is 64.5 Å². The number of rotatable bonds is 4. The van der Waals surface area contributed by atoms with Crippen molar-refractivity contribution in [1.82, 2.24) is 10.2 Å². The third-order valence-corrected chi connectivity index (χ3v) is 5.51. The highest BCUT2D eigenvalue weighted by molar-refractivity contribution is 5.99. The number of nitrogens with zero attached hydrogens (tertiary/aromatic N) is 1. The number of amides is 2. The number of carbonyl (C=O) groups excluding carboxylic acids is 2. The van der Waals surface area contributed by atoms with E-state index in [4.69, 9.17) is 0 Å². The molecule has 1 saturated heterocycles. The summed E-state index contributed by atoms with van der Waals surface area (Å²) in [5.74, 6) is 0.912. The van der Waals surface area contributed by atoms with E-state index in [0.29, 0.717) is 11.8 Å². The molecule has 1 aliphatic heterocycles. The van der Waals surface area contributed by atoms with Gasteiger partial charge in [0.15, 0.2) is 0 Å². The summed E-state index contributed by atoms with van der Waals surface area (Å²) in [6.07, 6.45) is 5.75. The minimum atomic E-state index is -0.705. The van der Waals surface area contributed by atoms with Crippen molar-refractivity contribution in [3.05, 3.63) is 0 Å². The molecule has 0 aromatic rings. The van der Waals surface area contributed by atoms with Crippen LogP contribution in [0.2, 0.25) is 0 Å². The molecule has 0 spiro atoms. The Balaban J connectivity index is 1.81. The first-order chi connectivity index (χ1) is 8.92. The number of hydrogen-bond donors (Lipinski definition) is 1. The van der Waals surface area contributed by atoms with Crippen LogP contribution in [0.5, 0.6) is 0 Å². The van der Waals surface area contributed by atoms with Crippen LogP contribution in [0.25, 0.3) is 0 Å². The first-order valence-electron chi connectivity index (χ1n) is 7.55. The van der Waals surface area contributed by atoms with Gasteiger partial charge in [0.2, 0.25) is 11.8 Å². The van der Waals surface area contributed by atoms with E-state index in [0.717, 1.165) is 12.5 Å².